The molecule has 0 radical (unpaired) electrons. The molecule has 6 nitrogen and oxygen atoms in total. The Labute approximate surface area is 169 Å². The Hall–Kier alpha value is -3.28. The maximum atomic E-state index is 12.4. The number of benzene rings is 2. The maximum Gasteiger partial charge on any atom is 0.309 e. The van der Waals surface area contributed by atoms with Gasteiger partial charge in [-0.1, -0.05) is 37.2 Å². The van der Waals surface area contributed by atoms with Crippen molar-refractivity contribution in [3.05, 3.63) is 65.9 Å². The number of carbonyl (C=O) groups is 1. The van der Waals surface area contributed by atoms with E-state index in [9.17, 15) is 9.90 Å². The van der Waals surface area contributed by atoms with Crippen molar-refractivity contribution in [2.24, 2.45) is 11.1 Å². The van der Waals surface area contributed by atoms with Crippen LogP contribution >= 0.6 is 0 Å². The average molecular weight is 392 g/mol. The molecule has 150 valence electrons. The molecule has 6 heteroatoms. The summed E-state index contributed by atoms with van der Waals surface area (Å²) in [6.45, 7) is 4.38. The van der Waals surface area contributed by atoms with Crippen LogP contribution in [-0.2, 0) is 14.4 Å². The number of ether oxygens (including phenoxy) is 1. The summed E-state index contributed by atoms with van der Waals surface area (Å²) in [5, 5.41) is 15.0. The lowest BCUT2D eigenvalue weighted by molar-refractivity contribution is -0.147. The number of aromatic nitrogens is 1. The van der Waals surface area contributed by atoms with E-state index in [4.69, 9.17) is 9.57 Å². The molecule has 4 rings (SSSR count). The van der Waals surface area contributed by atoms with Gasteiger partial charge in [0.05, 0.1) is 24.7 Å². The Balaban J connectivity index is 1.67. The average Bonchev–Trinajstić information content (AvgIpc) is 3.31. The molecule has 2 unspecified atom stereocenters. The zero-order valence-corrected chi connectivity index (χ0v) is 16.5. The number of esters is 1. The number of para-hydroxylation sites is 1. The van der Waals surface area contributed by atoms with Crippen LogP contribution in [0.1, 0.15) is 37.3 Å². The number of nitrogens with one attached hydrogen (secondary N) is 1. The third kappa shape index (κ3) is 3.97. The van der Waals surface area contributed by atoms with Crippen LogP contribution in [0.4, 0.5) is 0 Å². The molecular formula is C23H24N2O4. The molecule has 0 bridgehead atoms. The molecule has 2 aromatic carbocycles. The third-order valence-corrected chi connectivity index (χ3v) is 5.02. The molecule has 0 saturated heterocycles. The quantitative estimate of drug-likeness (QED) is 0.611. The van der Waals surface area contributed by atoms with Crippen LogP contribution in [-0.4, -0.2) is 34.5 Å². The number of hydrogen-bond acceptors (Lipinski definition) is 5. The van der Waals surface area contributed by atoms with Crippen LogP contribution < -0.4 is 0 Å². The number of aromatic hydroxyl groups is 1. The smallest absolute Gasteiger partial charge is 0.309 e. The largest absolute Gasteiger partial charge is 0.508 e. The summed E-state index contributed by atoms with van der Waals surface area (Å²) in [5.41, 5.74) is 3.61. The van der Waals surface area contributed by atoms with Crippen molar-refractivity contribution in [2.75, 3.05) is 6.61 Å². The first-order chi connectivity index (χ1) is 14.0. The van der Waals surface area contributed by atoms with Crippen molar-refractivity contribution in [3.8, 4) is 5.75 Å². The summed E-state index contributed by atoms with van der Waals surface area (Å²) >= 11 is 0. The van der Waals surface area contributed by atoms with E-state index < -0.39 is 6.10 Å². The molecule has 0 amide bonds. The predicted octanol–water partition coefficient (Wildman–Crippen LogP) is 4.35. The Morgan fingerprint density at radius 3 is 2.72 bits per heavy atom. The van der Waals surface area contributed by atoms with Gasteiger partial charge in [0.1, 0.15) is 5.75 Å². The summed E-state index contributed by atoms with van der Waals surface area (Å²) in [6, 6.07) is 14.9. The molecule has 0 aliphatic carbocycles. The lowest BCUT2D eigenvalue weighted by atomic mass is 9.84. The second-order valence-electron chi connectivity index (χ2n) is 7.72. The zero-order chi connectivity index (χ0) is 20.4. The molecule has 1 aliphatic rings. The van der Waals surface area contributed by atoms with E-state index in [1.165, 1.54) is 0 Å². The minimum absolute atomic E-state index is 0.113. The van der Waals surface area contributed by atoms with Crippen LogP contribution in [0.3, 0.4) is 0 Å². The Bertz CT molecular complexity index is 1040. The number of aromatic amines is 1. The summed E-state index contributed by atoms with van der Waals surface area (Å²) < 4.78 is 5.36. The Morgan fingerprint density at radius 1 is 1.21 bits per heavy atom. The molecule has 0 spiro atoms. The molecule has 29 heavy (non-hydrogen) atoms. The second-order valence-corrected chi connectivity index (χ2v) is 7.72. The molecule has 2 N–H and O–H groups in total. The molecular weight excluding hydrogens is 368 g/mol. The van der Waals surface area contributed by atoms with E-state index in [0.717, 1.165) is 27.7 Å². The number of hydrogen-bond donors (Lipinski definition) is 2. The Morgan fingerprint density at radius 2 is 1.97 bits per heavy atom. The second kappa shape index (κ2) is 7.99. The van der Waals surface area contributed by atoms with Gasteiger partial charge in [0, 0.05) is 22.7 Å². The van der Waals surface area contributed by atoms with Crippen molar-refractivity contribution < 1.29 is 19.5 Å². The number of phenols is 1. The first kappa shape index (κ1) is 19.1. The summed E-state index contributed by atoms with van der Waals surface area (Å²) in [7, 11) is 0. The number of oxime groups is 1. The topological polar surface area (TPSA) is 83.9 Å². The monoisotopic (exact) mass is 392 g/mol. The van der Waals surface area contributed by atoms with Crippen LogP contribution in [0, 0.1) is 5.92 Å². The summed E-state index contributed by atoms with van der Waals surface area (Å²) in [6.07, 6.45) is 1.60. The van der Waals surface area contributed by atoms with Gasteiger partial charge in [-0.15, -0.1) is 0 Å². The highest BCUT2D eigenvalue weighted by Crippen LogP contribution is 2.38. The van der Waals surface area contributed by atoms with E-state index in [1.807, 2.05) is 44.3 Å². The van der Waals surface area contributed by atoms with Gasteiger partial charge in [-0.05, 0) is 41.8 Å². The van der Waals surface area contributed by atoms with Crippen molar-refractivity contribution in [1.29, 1.82) is 0 Å². The lowest BCUT2D eigenvalue weighted by Crippen LogP contribution is -2.26. The minimum atomic E-state index is -0.460. The zero-order valence-electron chi connectivity index (χ0n) is 16.5. The van der Waals surface area contributed by atoms with Crippen molar-refractivity contribution in [3.63, 3.8) is 0 Å². The molecule has 2 heterocycles. The molecule has 1 aromatic heterocycles. The van der Waals surface area contributed by atoms with Crippen molar-refractivity contribution >= 4 is 22.6 Å². The van der Waals surface area contributed by atoms with E-state index >= 15 is 0 Å². The van der Waals surface area contributed by atoms with Gasteiger partial charge in [-0.3, -0.25) is 4.79 Å². The lowest BCUT2D eigenvalue weighted by Gasteiger charge is -2.19. The highest BCUT2D eigenvalue weighted by molar-refractivity contribution is 6.08. The van der Waals surface area contributed by atoms with Gasteiger partial charge in [-0.2, -0.15) is 0 Å². The minimum Gasteiger partial charge on any atom is -0.508 e. The molecule has 0 fully saturated rings. The number of nitrogens with zero attached hydrogens (tertiary/aromatic N) is 1. The number of phenolic OH excluding ortho intramolecular Hbond substituents is 1. The molecule has 2 atom stereocenters. The van der Waals surface area contributed by atoms with Crippen molar-refractivity contribution in [2.45, 2.75) is 32.3 Å². The van der Waals surface area contributed by atoms with E-state index in [-0.39, 0.29) is 30.0 Å². The number of carbonyl (C=O) groups excluding carboxylic acids is 1. The standard InChI is InChI=1S/C23H24N2O4/c1-14(2)13-28-21(27)11-20-22(18-12-24-19-6-4-3-5-17(18)19)23(25-29-20)15-7-9-16(26)10-8-15/h3-10,12,14,20,22,24,26H,11,13H2,1-2H3. The fraction of sp³-hybridized carbons (Fsp3) is 0.304. The van der Waals surface area contributed by atoms with Gasteiger partial charge in [-0.25, -0.2) is 0 Å². The van der Waals surface area contributed by atoms with Gasteiger partial charge in [0.2, 0.25) is 0 Å². The highest BCUT2D eigenvalue weighted by atomic mass is 16.6. The third-order valence-electron chi connectivity index (χ3n) is 5.02. The Kier molecular flexibility index (Phi) is 5.25. The number of fused-ring (bicyclic) bond motifs is 1. The fourth-order valence-electron chi connectivity index (χ4n) is 3.62. The SMILES string of the molecule is CC(C)COC(=O)CC1ON=C(c2ccc(O)cc2)C1c1c[nH]c2ccccc12. The van der Waals surface area contributed by atoms with Crippen molar-refractivity contribution in [1.82, 2.24) is 4.98 Å². The summed E-state index contributed by atoms with van der Waals surface area (Å²) in [4.78, 5) is 21.4. The fourth-order valence-corrected chi connectivity index (χ4v) is 3.62. The normalized spacial score (nSPS) is 18.7. The summed E-state index contributed by atoms with van der Waals surface area (Å²) in [5.74, 6) is -0.0691. The van der Waals surface area contributed by atoms with Crippen LogP contribution in [0.2, 0.25) is 0 Å². The number of rotatable bonds is 6. The molecule has 1 aliphatic heterocycles. The number of H-pyrrole nitrogens is 1. The maximum absolute atomic E-state index is 12.4. The van der Waals surface area contributed by atoms with Crippen LogP contribution in [0.5, 0.6) is 5.75 Å². The van der Waals surface area contributed by atoms with Crippen LogP contribution in [0.25, 0.3) is 10.9 Å². The molecule has 0 saturated carbocycles. The molecule has 3 aromatic rings. The highest BCUT2D eigenvalue weighted by Gasteiger charge is 2.39. The first-order valence-electron chi connectivity index (χ1n) is 9.77. The van der Waals surface area contributed by atoms with Gasteiger partial charge >= 0.3 is 5.97 Å². The van der Waals surface area contributed by atoms with E-state index in [0.29, 0.717) is 6.61 Å². The van der Waals surface area contributed by atoms with Gasteiger partial charge in [0.25, 0.3) is 0 Å². The first-order valence-corrected chi connectivity index (χ1v) is 9.77. The van der Waals surface area contributed by atoms with E-state index in [2.05, 4.69) is 10.1 Å². The van der Waals surface area contributed by atoms with Gasteiger partial charge in [0.15, 0.2) is 6.10 Å². The predicted molar refractivity (Wildman–Crippen MR) is 111 cm³/mol. The van der Waals surface area contributed by atoms with Gasteiger partial charge < -0.3 is 19.7 Å². The van der Waals surface area contributed by atoms with Crippen LogP contribution in [0.15, 0.2) is 59.9 Å². The van der Waals surface area contributed by atoms with E-state index in [1.54, 1.807) is 24.3 Å².